The number of nitrogens with zero attached hydrogens (tertiary/aromatic N) is 2. The first-order valence-electron chi connectivity index (χ1n) is 5.58. The van der Waals surface area contributed by atoms with Gasteiger partial charge in [0.05, 0.1) is 0 Å². The Labute approximate surface area is 115 Å². The fourth-order valence-corrected chi connectivity index (χ4v) is 2.06. The second kappa shape index (κ2) is 5.93. The quantitative estimate of drug-likeness (QED) is 0.943. The van der Waals surface area contributed by atoms with Crippen LogP contribution < -0.4 is 10.1 Å². The molecule has 0 aliphatic carbocycles. The Bertz CT molecular complexity index is 546. The van der Waals surface area contributed by atoms with Crippen LogP contribution in [-0.2, 0) is 6.54 Å². The summed E-state index contributed by atoms with van der Waals surface area (Å²) in [5.74, 6) is 1.39. The van der Waals surface area contributed by atoms with Gasteiger partial charge in [0.1, 0.15) is 12.1 Å². The average Bonchev–Trinajstić information content (AvgIpc) is 2.35. The minimum atomic E-state index is 0.588. The molecule has 0 radical (unpaired) electrons. The van der Waals surface area contributed by atoms with Crippen molar-refractivity contribution in [1.29, 1.82) is 0 Å². The number of rotatable bonds is 4. The van der Waals surface area contributed by atoms with Crippen molar-refractivity contribution in [2.24, 2.45) is 0 Å². The number of benzene rings is 1. The Morgan fingerprint density at radius 1 is 1.39 bits per heavy atom. The van der Waals surface area contributed by atoms with E-state index in [1.807, 2.05) is 32.2 Å². The zero-order chi connectivity index (χ0) is 13.0. The van der Waals surface area contributed by atoms with E-state index in [4.69, 9.17) is 4.74 Å². The van der Waals surface area contributed by atoms with E-state index in [1.54, 1.807) is 6.20 Å². The Balaban J connectivity index is 2.28. The number of nitrogens with one attached hydrogen (secondary N) is 1. The second-order valence-electron chi connectivity index (χ2n) is 3.90. The third-order valence-electron chi connectivity index (χ3n) is 2.46. The molecule has 2 rings (SSSR count). The Morgan fingerprint density at radius 3 is 2.94 bits per heavy atom. The molecule has 0 bridgehead atoms. The van der Waals surface area contributed by atoms with Crippen LogP contribution in [0.2, 0.25) is 0 Å². The summed E-state index contributed by atoms with van der Waals surface area (Å²) in [7, 11) is 1.88. The summed E-state index contributed by atoms with van der Waals surface area (Å²) in [5, 5.41) is 3.07. The van der Waals surface area contributed by atoms with Crippen molar-refractivity contribution >= 4 is 15.9 Å². The van der Waals surface area contributed by atoms with Gasteiger partial charge in [0.2, 0.25) is 5.88 Å². The standard InChI is InChI=1S/C13H14BrN3O/c1-9-5-11(14)3-4-12(9)18-13-10(6-15-2)7-16-8-17-13/h3-5,7-8,15H,6H2,1-2H3. The van der Waals surface area contributed by atoms with Gasteiger partial charge in [0, 0.05) is 22.8 Å². The summed E-state index contributed by atoms with van der Waals surface area (Å²) >= 11 is 3.43. The molecule has 0 atom stereocenters. The number of hydrogen-bond donors (Lipinski definition) is 1. The number of hydrogen-bond acceptors (Lipinski definition) is 4. The molecule has 0 saturated carbocycles. The van der Waals surface area contributed by atoms with Crippen molar-refractivity contribution in [3.8, 4) is 11.6 Å². The van der Waals surface area contributed by atoms with Crippen molar-refractivity contribution in [3.63, 3.8) is 0 Å². The minimum absolute atomic E-state index is 0.588. The summed E-state index contributed by atoms with van der Waals surface area (Å²) in [6.45, 7) is 2.67. The fourth-order valence-electron chi connectivity index (χ4n) is 1.58. The zero-order valence-electron chi connectivity index (χ0n) is 10.3. The summed E-state index contributed by atoms with van der Waals surface area (Å²) < 4.78 is 6.87. The van der Waals surface area contributed by atoms with Gasteiger partial charge in [-0.05, 0) is 37.7 Å². The van der Waals surface area contributed by atoms with Gasteiger partial charge < -0.3 is 10.1 Å². The molecule has 5 heteroatoms. The molecule has 0 amide bonds. The lowest BCUT2D eigenvalue weighted by molar-refractivity contribution is 0.449. The predicted octanol–water partition coefficient (Wildman–Crippen LogP) is 3.06. The Morgan fingerprint density at radius 2 is 2.22 bits per heavy atom. The maximum absolute atomic E-state index is 5.84. The lowest BCUT2D eigenvalue weighted by Gasteiger charge is -2.11. The van der Waals surface area contributed by atoms with Crippen LogP contribution in [0.3, 0.4) is 0 Å². The molecule has 18 heavy (non-hydrogen) atoms. The van der Waals surface area contributed by atoms with Gasteiger partial charge in [-0.25, -0.2) is 9.97 Å². The maximum atomic E-state index is 5.84. The van der Waals surface area contributed by atoms with Crippen LogP contribution in [0.4, 0.5) is 0 Å². The first-order chi connectivity index (χ1) is 8.70. The molecule has 1 heterocycles. The van der Waals surface area contributed by atoms with Gasteiger partial charge in [-0.3, -0.25) is 0 Å². The first-order valence-corrected chi connectivity index (χ1v) is 6.37. The number of aromatic nitrogens is 2. The molecular formula is C13H14BrN3O. The third kappa shape index (κ3) is 3.05. The molecular weight excluding hydrogens is 294 g/mol. The van der Waals surface area contributed by atoms with E-state index in [0.29, 0.717) is 12.4 Å². The summed E-state index contributed by atoms with van der Waals surface area (Å²) in [5.41, 5.74) is 1.99. The van der Waals surface area contributed by atoms with E-state index < -0.39 is 0 Å². The van der Waals surface area contributed by atoms with Gasteiger partial charge in [-0.1, -0.05) is 15.9 Å². The first kappa shape index (κ1) is 13.0. The predicted molar refractivity (Wildman–Crippen MR) is 73.7 cm³/mol. The molecule has 0 fully saturated rings. The van der Waals surface area contributed by atoms with Crippen LogP contribution in [0.25, 0.3) is 0 Å². The van der Waals surface area contributed by atoms with Gasteiger partial charge >= 0.3 is 0 Å². The van der Waals surface area contributed by atoms with Crippen molar-refractivity contribution in [2.75, 3.05) is 7.05 Å². The van der Waals surface area contributed by atoms with E-state index in [-0.39, 0.29) is 0 Å². The van der Waals surface area contributed by atoms with Crippen LogP contribution in [0.15, 0.2) is 35.2 Å². The molecule has 1 aromatic carbocycles. The molecule has 1 aromatic heterocycles. The number of aryl methyl sites for hydroxylation is 1. The summed E-state index contributed by atoms with van der Waals surface area (Å²) in [6.07, 6.45) is 3.25. The zero-order valence-corrected chi connectivity index (χ0v) is 11.9. The largest absolute Gasteiger partial charge is 0.438 e. The van der Waals surface area contributed by atoms with Crippen LogP contribution >= 0.6 is 15.9 Å². The van der Waals surface area contributed by atoms with E-state index in [1.165, 1.54) is 6.33 Å². The molecule has 0 aliphatic rings. The SMILES string of the molecule is CNCc1cncnc1Oc1ccc(Br)cc1C. The van der Waals surface area contributed by atoms with Gasteiger partial charge in [0.15, 0.2) is 0 Å². The monoisotopic (exact) mass is 307 g/mol. The molecule has 0 aliphatic heterocycles. The lowest BCUT2D eigenvalue weighted by Crippen LogP contribution is -2.07. The molecule has 1 N–H and O–H groups in total. The molecule has 4 nitrogen and oxygen atoms in total. The smallest absolute Gasteiger partial charge is 0.226 e. The van der Waals surface area contributed by atoms with Crippen molar-refractivity contribution in [2.45, 2.75) is 13.5 Å². The van der Waals surface area contributed by atoms with Crippen molar-refractivity contribution in [3.05, 3.63) is 46.3 Å². The van der Waals surface area contributed by atoms with Crippen LogP contribution in [0.1, 0.15) is 11.1 Å². The van der Waals surface area contributed by atoms with E-state index in [9.17, 15) is 0 Å². The Kier molecular flexibility index (Phi) is 4.28. The van der Waals surface area contributed by atoms with Crippen LogP contribution in [0.5, 0.6) is 11.6 Å². The summed E-state index contributed by atoms with van der Waals surface area (Å²) in [6, 6.07) is 5.88. The topological polar surface area (TPSA) is 47.0 Å². The van der Waals surface area contributed by atoms with Crippen molar-refractivity contribution in [1.82, 2.24) is 15.3 Å². The van der Waals surface area contributed by atoms with Crippen molar-refractivity contribution < 1.29 is 4.74 Å². The maximum Gasteiger partial charge on any atom is 0.226 e. The van der Waals surface area contributed by atoms with E-state index in [0.717, 1.165) is 21.3 Å². The van der Waals surface area contributed by atoms with Crippen LogP contribution in [0, 0.1) is 6.92 Å². The Hall–Kier alpha value is -1.46. The molecule has 0 spiro atoms. The van der Waals surface area contributed by atoms with E-state index in [2.05, 4.69) is 31.2 Å². The second-order valence-corrected chi connectivity index (χ2v) is 4.81. The molecule has 0 unspecified atom stereocenters. The van der Waals surface area contributed by atoms with Gasteiger partial charge in [-0.2, -0.15) is 0 Å². The van der Waals surface area contributed by atoms with Gasteiger partial charge in [0.25, 0.3) is 0 Å². The third-order valence-corrected chi connectivity index (χ3v) is 2.95. The van der Waals surface area contributed by atoms with E-state index >= 15 is 0 Å². The van der Waals surface area contributed by atoms with Gasteiger partial charge in [-0.15, -0.1) is 0 Å². The molecule has 94 valence electrons. The number of halogens is 1. The molecule has 0 saturated heterocycles. The fraction of sp³-hybridized carbons (Fsp3) is 0.231. The van der Waals surface area contributed by atoms with Crippen LogP contribution in [-0.4, -0.2) is 17.0 Å². The number of ether oxygens (including phenoxy) is 1. The highest BCUT2D eigenvalue weighted by Crippen LogP contribution is 2.27. The highest BCUT2D eigenvalue weighted by atomic mass is 79.9. The lowest BCUT2D eigenvalue weighted by atomic mass is 10.2. The highest BCUT2D eigenvalue weighted by Gasteiger charge is 2.08. The average molecular weight is 308 g/mol. The summed E-state index contributed by atoms with van der Waals surface area (Å²) in [4.78, 5) is 8.17. The highest BCUT2D eigenvalue weighted by molar-refractivity contribution is 9.10. The molecule has 2 aromatic rings. The normalized spacial score (nSPS) is 10.4. The minimum Gasteiger partial charge on any atom is -0.438 e.